The van der Waals surface area contributed by atoms with Gasteiger partial charge in [-0.3, -0.25) is 9.36 Å². The number of aryl methyl sites for hydroxylation is 1. The molecule has 26 heavy (non-hydrogen) atoms. The highest BCUT2D eigenvalue weighted by molar-refractivity contribution is 5.40. The van der Waals surface area contributed by atoms with E-state index in [4.69, 9.17) is 5.73 Å². The van der Waals surface area contributed by atoms with E-state index in [1.807, 2.05) is 7.05 Å². The van der Waals surface area contributed by atoms with Gasteiger partial charge in [0.05, 0.1) is 0 Å². The van der Waals surface area contributed by atoms with Crippen molar-refractivity contribution in [2.45, 2.75) is 45.1 Å². The maximum absolute atomic E-state index is 12.5. The van der Waals surface area contributed by atoms with E-state index < -0.39 is 0 Å². The molecule has 1 saturated heterocycles. The summed E-state index contributed by atoms with van der Waals surface area (Å²) in [5.74, 6) is 0.786. The lowest BCUT2D eigenvalue weighted by molar-refractivity contribution is 0.186. The molecule has 138 valence electrons. The Hall–Kier alpha value is -2.14. The van der Waals surface area contributed by atoms with E-state index in [0.717, 1.165) is 56.7 Å². The average molecular weight is 352 g/mol. The monoisotopic (exact) mass is 352 g/mol. The Balaban J connectivity index is 1.53. The maximum Gasteiger partial charge on any atom is 0.257 e. The van der Waals surface area contributed by atoms with Crippen molar-refractivity contribution < 1.29 is 0 Å². The number of benzene rings is 1. The molecule has 0 amide bonds. The van der Waals surface area contributed by atoms with E-state index in [1.54, 1.807) is 10.8 Å². The highest BCUT2D eigenvalue weighted by Crippen LogP contribution is 2.50. The van der Waals surface area contributed by atoms with Gasteiger partial charge in [-0.15, -0.1) is 0 Å². The van der Waals surface area contributed by atoms with Gasteiger partial charge < -0.3 is 10.6 Å². The SMILES string of the molecule is CCCc1cnc(N2CCC3(CC2)Cc2ccccc2C3N)n(C)c1=O. The van der Waals surface area contributed by atoms with Crippen LogP contribution in [0.25, 0.3) is 0 Å². The lowest BCUT2D eigenvalue weighted by atomic mass is 9.73. The van der Waals surface area contributed by atoms with Crippen molar-refractivity contribution in [2.75, 3.05) is 18.0 Å². The first-order valence-electron chi connectivity index (χ1n) is 9.69. The number of nitrogens with zero attached hydrogens (tertiary/aromatic N) is 3. The summed E-state index contributed by atoms with van der Waals surface area (Å²) in [6.45, 7) is 3.88. The molecule has 2 heterocycles. The molecule has 1 aliphatic heterocycles. The zero-order chi connectivity index (χ0) is 18.3. The van der Waals surface area contributed by atoms with Crippen LogP contribution in [0.2, 0.25) is 0 Å². The summed E-state index contributed by atoms with van der Waals surface area (Å²) < 4.78 is 1.71. The smallest absolute Gasteiger partial charge is 0.257 e. The minimum Gasteiger partial charge on any atom is -0.342 e. The second kappa shape index (κ2) is 6.54. The van der Waals surface area contributed by atoms with E-state index in [9.17, 15) is 4.79 Å². The Labute approximate surface area is 154 Å². The van der Waals surface area contributed by atoms with E-state index in [0.29, 0.717) is 0 Å². The molecule has 1 aliphatic carbocycles. The summed E-state index contributed by atoms with van der Waals surface area (Å²) in [7, 11) is 1.84. The van der Waals surface area contributed by atoms with Gasteiger partial charge in [-0.25, -0.2) is 4.98 Å². The summed E-state index contributed by atoms with van der Waals surface area (Å²) in [6, 6.07) is 8.71. The molecule has 2 aliphatic rings. The third-order valence-electron chi connectivity index (χ3n) is 6.37. The normalized spacial score (nSPS) is 21.2. The van der Waals surface area contributed by atoms with Crippen LogP contribution in [0, 0.1) is 5.41 Å². The number of hydrogen-bond donors (Lipinski definition) is 1. The lowest BCUT2D eigenvalue weighted by Crippen LogP contribution is -2.46. The lowest BCUT2D eigenvalue weighted by Gasteiger charge is -2.42. The van der Waals surface area contributed by atoms with Gasteiger partial charge in [0, 0.05) is 37.9 Å². The average Bonchev–Trinajstić information content (AvgIpc) is 2.93. The third-order valence-corrected chi connectivity index (χ3v) is 6.37. The minimum absolute atomic E-state index is 0.0853. The number of anilines is 1. The predicted molar refractivity (Wildman–Crippen MR) is 104 cm³/mol. The van der Waals surface area contributed by atoms with Gasteiger partial charge in [-0.1, -0.05) is 37.6 Å². The molecule has 2 N–H and O–H groups in total. The van der Waals surface area contributed by atoms with Crippen molar-refractivity contribution in [3.63, 3.8) is 0 Å². The summed E-state index contributed by atoms with van der Waals surface area (Å²) in [6.07, 6.45) is 6.66. The minimum atomic E-state index is 0.0853. The topological polar surface area (TPSA) is 64.2 Å². The first-order chi connectivity index (χ1) is 12.6. The Morgan fingerprint density at radius 3 is 2.69 bits per heavy atom. The molecule has 1 fully saturated rings. The summed E-state index contributed by atoms with van der Waals surface area (Å²) in [4.78, 5) is 19.4. The van der Waals surface area contributed by atoms with Gasteiger partial charge in [0.2, 0.25) is 5.95 Å². The standard InChI is InChI=1S/C21H28N4O/c1-3-6-16-14-23-20(24(2)19(16)26)25-11-9-21(10-12-25)13-15-7-4-5-8-17(15)18(21)22/h4-5,7-8,14,18H,3,6,9-13,22H2,1-2H3. The molecule has 0 bridgehead atoms. The molecule has 1 atom stereocenters. The highest BCUT2D eigenvalue weighted by atomic mass is 16.1. The van der Waals surface area contributed by atoms with E-state index in [1.165, 1.54) is 11.1 Å². The second-order valence-corrected chi connectivity index (χ2v) is 7.90. The molecular formula is C21H28N4O. The van der Waals surface area contributed by atoms with Crippen LogP contribution in [-0.4, -0.2) is 22.6 Å². The van der Waals surface area contributed by atoms with Crippen molar-refractivity contribution in [1.82, 2.24) is 9.55 Å². The van der Waals surface area contributed by atoms with Gasteiger partial charge >= 0.3 is 0 Å². The van der Waals surface area contributed by atoms with Crippen LogP contribution in [-0.2, 0) is 19.9 Å². The van der Waals surface area contributed by atoms with Gasteiger partial charge in [-0.05, 0) is 42.2 Å². The molecule has 0 radical (unpaired) electrons. The van der Waals surface area contributed by atoms with Crippen molar-refractivity contribution in [3.05, 3.63) is 57.5 Å². The fourth-order valence-corrected chi connectivity index (χ4v) is 4.78. The largest absolute Gasteiger partial charge is 0.342 e. The fourth-order valence-electron chi connectivity index (χ4n) is 4.78. The first kappa shape index (κ1) is 17.3. The molecule has 1 aromatic heterocycles. The molecular weight excluding hydrogens is 324 g/mol. The van der Waals surface area contributed by atoms with Gasteiger partial charge in [0.25, 0.3) is 5.56 Å². The van der Waals surface area contributed by atoms with Gasteiger partial charge in [-0.2, -0.15) is 0 Å². The zero-order valence-corrected chi connectivity index (χ0v) is 15.7. The van der Waals surface area contributed by atoms with Crippen LogP contribution < -0.4 is 16.2 Å². The first-order valence-corrected chi connectivity index (χ1v) is 9.69. The molecule has 1 spiro atoms. The third kappa shape index (κ3) is 2.65. The number of rotatable bonds is 3. The Morgan fingerprint density at radius 1 is 1.27 bits per heavy atom. The number of piperidine rings is 1. The maximum atomic E-state index is 12.5. The summed E-state index contributed by atoms with van der Waals surface area (Å²) in [5.41, 5.74) is 10.4. The fraction of sp³-hybridized carbons (Fsp3) is 0.524. The number of hydrogen-bond acceptors (Lipinski definition) is 4. The zero-order valence-electron chi connectivity index (χ0n) is 15.7. The predicted octanol–water partition coefficient (Wildman–Crippen LogP) is 2.58. The molecule has 1 unspecified atom stereocenters. The summed E-state index contributed by atoms with van der Waals surface area (Å²) in [5, 5.41) is 0. The van der Waals surface area contributed by atoms with E-state index >= 15 is 0 Å². The van der Waals surface area contributed by atoms with Crippen LogP contribution >= 0.6 is 0 Å². The Kier molecular flexibility index (Phi) is 4.35. The van der Waals surface area contributed by atoms with Crippen LogP contribution in [0.4, 0.5) is 5.95 Å². The molecule has 1 aromatic carbocycles. The van der Waals surface area contributed by atoms with Crippen molar-refractivity contribution in [1.29, 1.82) is 0 Å². The van der Waals surface area contributed by atoms with Crippen molar-refractivity contribution >= 4 is 5.95 Å². The van der Waals surface area contributed by atoms with Crippen molar-refractivity contribution in [3.8, 4) is 0 Å². The van der Waals surface area contributed by atoms with Crippen LogP contribution in [0.1, 0.15) is 48.9 Å². The van der Waals surface area contributed by atoms with Crippen molar-refractivity contribution in [2.24, 2.45) is 18.2 Å². The highest BCUT2D eigenvalue weighted by Gasteiger charge is 2.46. The van der Waals surface area contributed by atoms with E-state index in [-0.39, 0.29) is 17.0 Å². The van der Waals surface area contributed by atoms with Crippen LogP contribution in [0.15, 0.2) is 35.3 Å². The number of fused-ring (bicyclic) bond motifs is 1. The molecule has 2 aromatic rings. The molecule has 5 heteroatoms. The molecule has 0 saturated carbocycles. The van der Waals surface area contributed by atoms with Crippen LogP contribution in [0.5, 0.6) is 0 Å². The summed E-state index contributed by atoms with van der Waals surface area (Å²) >= 11 is 0. The van der Waals surface area contributed by atoms with Crippen LogP contribution in [0.3, 0.4) is 0 Å². The number of aromatic nitrogens is 2. The van der Waals surface area contributed by atoms with Gasteiger partial charge in [0.1, 0.15) is 0 Å². The molecule has 4 rings (SSSR count). The Morgan fingerprint density at radius 2 is 2.00 bits per heavy atom. The second-order valence-electron chi connectivity index (χ2n) is 7.90. The molecule has 5 nitrogen and oxygen atoms in total. The van der Waals surface area contributed by atoms with Gasteiger partial charge in [0.15, 0.2) is 0 Å². The number of nitrogens with two attached hydrogens (primary N) is 1. The quantitative estimate of drug-likeness (QED) is 0.922. The Bertz CT molecular complexity index is 865. The van der Waals surface area contributed by atoms with E-state index in [2.05, 4.69) is 41.1 Å².